The summed E-state index contributed by atoms with van der Waals surface area (Å²) in [6.45, 7) is 0. The lowest BCUT2D eigenvalue weighted by molar-refractivity contribution is -0.132. The molecule has 0 saturated carbocycles. The molecule has 168 valence electrons. The first kappa shape index (κ1) is 21.9. The number of carbonyl (C=O) groups excluding carboxylic acids is 2. The number of phenolic OH excluding ortho intramolecular Hbond substituents is 1. The largest absolute Gasteiger partial charge is 0.508 e. The van der Waals surface area contributed by atoms with Crippen LogP contribution >= 0.6 is 0 Å². The number of Topliss-reactive ketones (excluding diaryl/α,β-unsaturated/α-hetero) is 1. The van der Waals surface area contributed by atoms with Crippen molar-refractivity contribution >= 4 is 23.1 Å². The van der Waals surface area contributed by atoms with Crippen molar-refractivity contribution in [2.45, 2.75) is 6.04 Å². The predicted octanol–water partition coefficient (Wildman–Crippen LogP) is 4.17. The third-order valence-corrected chi connectivity index (χ3v) is 5.40. The van der Waals surface area contributed by atoms with Gasteiger partial charge in [0.05, 0.1) is 31.4 Å². The van der Waals surface area contributed by atoms with E-state index in [1.165, 1.54) is 68.8 Å². The normalized spacial score (nSPS) is 17.3. The summed E-state index contributed by atoms with van der Waals surface area (Å²) in [4.78, 5) is 27.3. The van der Waals surface area contributed by atoms with Gasteiger partial charge in [0.2, 0.25) is 0 Å². The van der Waals surface area contributed by atoms with E-state index in [0.717, 1.165) is 11.0 Å². The van der Waals surface area contributed by atoms with E-state index < -0.39 is 29.3 Å². The first-order valence-corrected chi connectivity index (χ1v) is 9.93. The molecule has 8 heteroatoms. The summed E-state index contributed by atoms with van der Waals surface area (Å²) in [5.41, 5.74) is 0.568. The van der Waals surface area contributed by atoms with Crippen molar-refractivity contribution in [2.75, 3.05) is 19.1 Å². The molecule has 1 fully saturated rings. The Hall–Kier alpha value is -4.33. The van der Waals surface area contributed by atoms with Gasteiger partial charge in [0.25, 0.3) is 11.7 Å². The van der Waals surface area contributed by atoms with Crippen molar-refractivity contribution < 1.29 is 33.7 Å². The first-order valence-electron chi connectivity index (χ1n) is 9.93. The number of ether oxygens (including phenoxy) is 2. The van der Waals surface area contributed by atoms with E-state index in [4.69, 9.17) is 9.47 Å². The second-order valence-corrected chi connectivity index (χ2v) is 7.31. The van der Waals surface area contributed by atoms with Crippen LogP contribution in [-0.2, 0) is 9.59 Å². The Kier molecular flexibility index (Phi) is 5.74. The molecule has 4 rings (SSSR count). The molecule has 0 aromatic heterocycles. The second kappa shape index (κ2) is 8.66. The molecule has 0 aliphatic carbocycles. The quantitative estimate of drug-likeness (QED) is 0.345. The molecule has 2 N–H and O–H groups in total. The van der Waals surface area contributed by atoms with Gasteiger partial charge in [0.1, 0.15) is 28.8 Å². The Morgan fingerprint density at radius 1 is 0.970 bits per heavy atom. The molecule has 3 aromatic rings. The van der Waals surface area contributed by atoms with Crippen LogP contribution in [0.15, 0.2) is 72.3 Å². The SMILES string of the molecule is COc1ccc(/C(O)=C2/C(=O)C(=O)N(c3cccc(F)c3)C2c2ccc(O)cc2)c(OC)c1. The van der Waals surface area contributed by atoms with Crippen molar-refractivity contribution in [3.63, 3.8) is 0 Å². The number of aliphatic hydroxyl groups excluding tert-OH is 1. The zero-order valence-electron chi connectivity index (χ0n) is 17.8. The van der Waals surface area contributed by atoms with Gasteiger partial charge >= 0.3 is 0 Å². The average Bonchev–Trinajstić information content (AvgIpc) is 3.09. The van der Waals surface area contributed by atoms with Crippen LogP contribution in [0.1, 0.15) is 17.2 Å². The fraction of sp³-hybridized carbons (Fsp3) is 0.120. The fourth-order valence-electron chi connectivity index (χ4n) is 3.84. The number of phenols is 1. The number of hydrogen-bond acceptors (Lipinski definition) is 6. The molecular formula is C25H20FNO6. The number of benzene rings is 3. The summed E-state index contributed by atoms with van der Waals surface area (Å²) in [5, 5.41) is 20.9. The van der Waals surface area contributed by atoms with E-state index in [0.29, 0.717) is 11.3 Å². The molecule has 1 aliphatic heterocycles. The molecule has 1 amide bonds. The number of hydrogen-bond donors (Lipinski definition) is 2. The van der Waals surface area contributed by atoms with E-state index in [1.807, 2.05) is 0 Å². The summed E-state index contributed by atoms with van der Waals surface area (Å²) in [6, 6.07) is 14.7. The van der Waals surface area contributed by atoms with Gasteiger partial charge in [-0.3, -0.25) is 14.5 Å². The molecule has 1 saturated heterocycles. The number of nitrogens with zero attached hydrogens (tertiary/aromatic N) is 1. The Labute approximate surface area is 188 Å². The number of anilines is 1. The van der Waals surface area contributed by atoms with Crippen molar-refractivity contribution in [1.82, 2.24) is 0 Å². The number of aromatic hydroxyl groups is 1. The number of carbonyl (C=O) groups is 2. The van der Waals surface area contributed by atoms with Crippen LogP contribution in [-0.4, -0.2) is 36.1 Å². The van der Waals surface area contributed by atoms with Crippen LogP contribution in [0.25, 0.3) is 5.76 Å². The summed E-state index contributed by atoms with van der Waals surface area (Å²) in [7, 11) is 2.87. The number of halogens is 1. The second-order valence-electron chi connectivity index (χ2n) is 7.31. The Bertz CT molecular complexity index is 1270. The van der Waals surface area contributed by atoms with Gasteiger partial charge in [-0.25, -0.2) is 4.39 Å². The lowest BCUT2D eigenvalue weighted by atomic mass is 9.94. The lowest BCUT2D eigenvalue weighted by Gasteiger charge is -2.25. The summed E-state index contributed by atoms with van der Waals surface area (Å²) in [6.07, 6.45) is 0. The van der Waals surface area contributed by atoms with Crippen LogP contribution in [0.2, 0.25) is 0 Å². The van der Waals surface area contributed by atoms with Gasteiger partial charge in [0, 0.05) is 11.8 Å². The van der Waals surface area contributed by atoms with Crippen molar-refractivity contribution in [1.29, 1.82) is 0 Å². The van der Waals surface area contributed by atoms with Gasteiger partial charge in [0.15, 0.2) is 0 Å². The monoisotopic (exact) mass is 449 g/mol. The Balaban J connectivity index is 1.97. The summed E-state index contributed by atoms with van der Waals surface area (Å²) < 4.78 is 24.5. The number of amides is 1. The van der Waals surface area contributed by atoms with Crippen molar-refractivity contribution in [3.8, 4) is 17.2 Å². The Morgan fingerprint density at radius 3 is 2.33 bits per heavy atom. The van der Waals surface area contributed by atoms with E-state index in [9.17, 15) is 24.2 Å². The molecule has 1 aliphatic rings. The molecule has 0 radical (unpaired) electrons. The smallest absolute Gasteiger partial charge is 0.300 e. The Morgan fingerprint density at radius 2 is 1.70 bits per heavy atom. The van der Waals surface area contributed by atoms with Gasteiger partial charge in [-0.1, -0.05) is 18.2 Å². The summed E-state index contributed by atoms with van der Waals surface area (Å²) in [5.74, 6) is -2.22. The number of aliphatic hydroxyl groups is 1. The average molecular weight is 449 g/mol. The molecule has 1 heterocycles. The topological polar surface area (TPSA) is 96.3 Å². The maximum atomic E-state index is 14.0. The highest BCUT2D eigenvalue weighted by Gasteiger charge is 2.47. The molecule has 0 spiro atoms. The van der Waals surface area contributed by atoms with Gasteiger partial charge in [-0.05, 0) is 48.0 Å². The van der Waals surface area contributed by atoms with Crippen LogP contribution in [0.4, 0.5) is 10.1 Å². The number of ketones is 1. The highest BCUT2D eigenvalue weighted by atomic mass is 19.1. The zero-order valence-corrected chi connectivity index (χ0v) is 17.8. The zero-order chi connectivity index (χ0) is 23.7. The van der Waals surface area contributed by atoms with E-state index in [2.05, 4.69) is 0 Å². The van der Waals surface area contributed by atoms with Crippen molar-refractivity contribution in [3.05, 3.63) is 89.2 Å². The maximum absolute atomic E-state index is 14.0. The molecule has 7 nitrogen and oxygen atoms in total. The summed E-state index contributed by atoms with van der Waals surface area (Å²) >= 11 is 0. The van der Waals surface area contributed by atoms with Crippen molar-refractivity contribution in [2.24, 2.45) is 0 Å². The van der Waals surface area contributed by atoms with Crippen LogP contribution in [0.3, 0.4) is 0 Å². The number of methoxy groups -OCH3 is 2. The third kappa shape index (κ3) is 3.87. The highest BCUT2D eigenvalue weighted by Crippen LogP contribution is 2.44. The van der Waals surface area contributed by atoms with Gasteiger partial charge in [-0.15, -0.1) is 0 Å². The lowest BCUT2D eigenvalue weighted by Crippen LogP contribution is -2.29. The minimum Gasteiger partial charge on any atom is -0.508 e. The minimum absolute atomic E-state index is 0.0155. The van der Waals surface area contributed by atoms with Crippen LogP contribution in [0, 0.1) is 5.82 Å². The maximum Gasteiger partial charge on any atom is 0.300 e. The molecule has 1 atom stereocenters. The molecule has 33 heavy (non-hydrogen) atoms. The standard InChI is InChI=1S/C25H20FNO6/c1-32-18-10-11-19(20(13-18)33-2)23(29)21-22(14-6-8-17(28)9-7-14)27(25(31)24(21)30)16-5-3-4-15(26)12-16/h3-13,22,28-29H,1-2H3/b23-21-. The first-order chi connectivity index (χ1) is 15.8. The third-order valence-electron chi connectivity index (χ3n) is 5.40. The molecule has 3 aromatic carbocycles. The molecule has 0 bridgehead atoms. The number of rotatable bonds is 5. The van der Waals surface area contributed by atoms with Crippen LogP contribution in [0.5, 0.6) is 17.2 Å². The predicted molar refractivity (Wildman–Crippen MR) is 119 cm³/mol. The molecule has 1 unspecified atom stereocenters. The van der Waals surface area contributed by atoms with E-state index in [-0.39, 0.29) is 28.3 Å². The molecular weight excluding hydrogens is 429 g/mol. The fourth-order valence-corrected chi connectivity index (χ4v) is 3.84. The van der Waals surface area contributed by atoms with Crippen LogP contribution < -0.4 is 14.4 Å². The van der Waals surface area contributed by atoms with E-state index in [1.54, 1.807) is 6.07 Å². The van der Waals surface area contributed by atoms with Gasteiger partial charge < -0.3 is 19.7 Å². The van der Waals surface area contributed by atoms with Gasteiger partial charge in [-0.2, -0.15) is 0 Å². The van der Waals surface area contributed by atoms with E-state index >= 15 is 0 Å². The minimum atomic E-state index is -1.07. The highest BCUT2D eigenvalue weighted by molar-refractivity contribution is 6.51.